The zero-order valence-corrected chi connectivity index (χ0v) is 17.1. The van der Waals surface area contributed by atoms with E-state index >= 15 is 0 Å². The van der Waals surface area contributed by atoms with Gasteiger partial charge in [0.2, 0.25) is 0 Å². The van der Waals surface area contributed by atoms with E-state index < -0.39 is 26.4 Å². The summed E-state index contributed by atoms with van der Waals surface area (Å²) >= 11 is 0. The summed E-state index contributed by atoms with van der Waals surface area (Å²) in [5, 5.41) is 10.0. The number of carbonyl (C=O) groups is 1. The average molecular weight is 418 g/mol. The van der Waals surface area contributed by atoms with Crippen molar-refractivity contribution in [1.82, 2.24) is 4.98 Å². The Morgan fingerprint density at radius 2 is 1.90 bits per heavy atom. The van der Waals surface area contributed by atoms with Crippen molar-refractivity contribution in [3.05, 3.63) is 60.2 Å². The lowest BCUT2D eigenvalue weighted by atomic mass is 9.96. The molecule has 1 N–H and O–H groups in total. The number of benzene rings is 1. The van der Waals surface area contributed by atoms with Crippen LogP contribution in [0, 0.1) is 17.7 Å². The molecule has 1 unspecified atom stereocenters. The maximum atomic E-state index is 13.4. The van der Waals surface area contributed by atoms with E-state index in [0.717, 1.165) is 43.5 Å². The topological polar surface area (TPSA) is 84.3 Å². The van der Waals surface area contributed by atoms with Crippen molar-refractivity contribution in [3.8, 4) is 11.8 Å². The van der Waals surface area contributed by atoms with Crippen LogP contribution in [0.4, 0.5) is 4.39 Å². The van der Waals surface area contributed by atoms with Crippen LogP contribution in [-0.2, 0) is 21.1 Å². The number of nitrogens with zero attached hydrogens (tertiary/aromatic N) is 1. The van der Waals surface area contributed by atoms with Gasteiger partial charge in [-0.2, -0.15) is 0 Å². The first-order valence-corrected chi connectivity index (χ1v) is 10.9. The second-order valence-corrected chi connectivity index (χ2v) is 9.04. The molecule has 0 bridgehead atoms. The normalized spacial score (nSPS) is 13.2. The lowest BCUT2D eigenvalue weighted by molar-refractivity contribution is -0.140. The highest BCUT2D eigenvalue weighted by Gasteiger charge is 2.51. The van der Waals surface area contributed by atoms with E-state index in [-0.39, 0.29) is 17.7 Å². The number of carboxylic acids is 1. The van der Waals surface area contributed by atoms with Gasteiger partial charge in [0.15, 0.2) is 14.6 Å². The van der Waals surface area contributed by atoms with Crippen molar-refractivity contribution >= 4 is 15.8 Å². The predicted molar refractivity (Wildman–Crippen MR) is 108 cm³/mol. The van der Waals surface area contributed by atoms with Crippen LogP contribution in [0.2, 0.25) is 0 Å². The highest BCUT2D eigenvalue weighted by atomic mass is 32.2. The van der Waals surface area contributed by atoms with Crippen molar-refractivity contribution in [3.63, 3.8) is 0 Å². The zero-order chi connectivity index (χ0) is 21.3. The van der Waals surface area contributed by atoms with Crippen molar-refractivity contribution in [2.75, 3.05) is 0 Å². The number of aliphatic carboxylic acids is 1. The molecule has 29 heavy (non-hydrogen) atoms. The van der Waals surface area contributed by atoms with E-state index in [1.165, 1.54) is 12.4 Å². The van der Waals surface area contributed by atoms with Gasteiger partial charge in [-0.25, -0.2) is 12.8 Å². The minimum atomic E-state index is -4.37. The largest absolute Gasteiger partial charge is 0.480 e. The Kier molecular flexibility index (Phi) is 7.91. The van der Waals surface area contributed by atoms with Crippen molar-refractivity contribution in [1.29, 1.82) is 0 Å². The molecule has 5 nitrogen and oxygen atoms in total. The third-order valence-corrected chi connectivity index (χ3v) is 7.03. The fraction of sp³-hybridized carbons (Fsp3) is 0.364. The molecule has 1 heterocycles. The molecule has 2 aromatic rings. The molecule has 1 atom stereocenters. The van der Waals surface area contributed by atoms with Crippen LogP contribution >= 0.6 is 0 Å². The summed E-state index contributed by atoms with van der Waals surface area (Å²) in [6.45, 7) is 2.06. The molecule has 0 aliphatic heterocycles. The van der Waals surface area contributed by atoms with Crippen LogP contribution in [0.15, 0.2) is 53.7 Å². The molecule has 1 aromatic heterocycles. The van der Waals surface area contributed by atoms with E-state index in [1.54, 1.807) is 12.1 Å². The minimum Gasteiger partial charge on any atom is -0.480 e. The summed E-state index contributed by atoms with van der Waals surface area (Å²) in [7, 11) is -4.37. The van der Waals surface area contributed by atoms with E-state index in [2.05, 4.69) is 23.7 Å². The number of sulfone groups is 1. The zero-order valence-electron chi connectivity index (χ0n) is 16.3. The summed E-state index contributed by atoms with van der Waals surface area (Å²) in [6.07, 6.45) is 5.77. The van der Waals surface area contributed by atoms with Gasteiger partial charge >= 0.3 is 5.97 Å². The Morgan fingerprint density at radius 1 is 1.17 bits per heavy atom. The molecule has 154 valence electrons. The molecule has 0 radical (unpaired) electrons. The fourth-order valence-corrected chi connectivity index (χ4v) is 4.74. The molecule has 0 spiro atoms. The summed E-state index contributed by atoms with van der Waals surface area (Å²) in [4.78, 5) is 16.0. The molecule has 0 saturated carbocycles. The first-order valence-electron chi connectivity index (χ1n) is 9.41. The molecule has 0 amide bonds. The molecular formula is C22H24FNO4S. The third kappa shape index (κ3) is 5.42. The van der Waals surface area contributed by atoms with Crippen LogP contribution in [-0.4, -0.2) is 29.2 Å². The second kappa shape index (κ2) is 10.2. The Balaban J connectivity index is 2.49. The second-order valence-electron chi connectivity index (χ2n) is 6.78. The lowest BCUT2D eigenvalue weighted by Gasteiger charge is -2.27. The van der Waals surface area contributed by atoms with E-state index in [4.69, 9.17) is 0 Å². The summed E-state index contributed by atoms with van der Waals surface area (Å²) in [5.74, 6) is 3.57. The maximum Gasteiger partial charge on any atom is 0.326 e. The van der Waals surface area contributed by atoms with Gasteiger partial charge in [0.25, 0.3) is 0 Å². The first kappa shape index (κ1) is 22.6. The summed E-state index contributed by atoms with van der Waals surface area (Å²) < 4.78 is 37.9. The number of hydrogen-bond donors (Lipinski definition) is 1. The maximum absolute atomic E-state index is 13.4. The van der Waals surface area contributed by atoms with Gasteiger partial charge < -0.3 is 5.11 Å². The highest BCUT2D eigenvalue weighted by Crippen LogP contribution is 2.33. The van der Waals surface area contributed by atoms with Crippen LogP contribution in [0.5, 0.6) is 0 Å². The van der Waals surface area contributed by atoms with Crippen LogP contribution in [0.25, 0.3) is 0 Å². The van der Waals surface area contributed by atoms with Crippen LogP contribution < -0.4 is 0 Å². The Morgan fingerprint density at radius 3 is 2.48 bits per heavy atom. The summed E-state index contributed by atoms with van der Waals surface area (Å²) in [6, 6.07) is 7.41. The first-order chi connectivity index (χ1) is 13.8. The highest BCUT2D eigenvalue weighted by molar-refractivity contribution is 7.93. The number of unbranched alkanes of at least 4 members (excludes halogenated alkanes) is 3. The lowest BCUT2D eigenvalue weighted by Crippen LogP contribution is -2.48. The van der Waals surface area contributed by atoms with Crippen LogP contribution in [0.3, 0.4) is 0 Å². The van der Waals surface area contributed by atoms with Gasteiger partial charge in [0, 0.05) is 31.7 Å². The monoisotopic (exact) mass is 417 g/mol. The number of carboxylic acid groups (broad SMARTS) is 1. The third-order valence-electron chi connectivity index (χ3n) is 4.64. The van der Waals surface area contributed by atoms with Gasteiger partial charge in [-0.05, 0) is 42.3 Å². The van der Waals surface area contributed by atoms with Gasteiger partial charge in [-0.15, -0.1) is 11.8 Å². The van der Waals surface area contributed by atoms with Crippen molar-refractivity contribution in [2.45, 2.75) is 55.1 Å². The minimum absolute atomic E-state index is 0.252. The Labute approximate surface area is 170 Å². The van der Waals surface area contributed by atoms with Gasteiger partial charge in [0.1, 0.15) is 5.82 Å². The molecule has 7 heteroatoms. The molecule has 0 saturated heterocycles. The van der Waals surface area contributed by atoms with Gasteiger partial charge in [0.05, 0.1) is 4.90 Å². The number of aromatic nitrogens is 1. The molecule has 0 aliphatic carbocycles. The van der Waals surface area contributed by atoms with E-state index in [9.17, 15) is 22.7 Å². The van der Waals surface area contributed by atoms with Crippen molar-refractivity contribution < 1.29 is 22.7 Å². The molecular weight excluding hydrogens is 393 g/mol. The van der Waals surface area contributed by atoms with E-state index in [0.29, 0.717) is 12.0 Å². The summed E-state index contributed by atoms with van der Waals surface area (Å²) in [5.41, 5.74) is 0.466. The number of halogens is 1. The number of rotatable bonds is 9. The van der Waals surface area contributed by atoms with Gasteiger partial charge in [-0.3, -0.25) is 9.78 Å². The standard InChI is InChI=1S/C22H24FNO4S/c1-2-3-4-5-6-7-14-22(21(25)26,16-18-9-8-15-24-17-18)29(27,28)20-12-10-19(23)11-13-20/h8-13,15,17H,2-5,14,16H2,1H3,(H,25,26). The van der Waals surface area contributed by atoms with E-state index in [1.807, 2.05) is 0 Å². The molecule has 0 aliphatic rings. The number of pyridine rings is 1. The SMILES string of the molecule is CCCCCC#CCC(Cc1cccnc1)(C(=O)O)S(=O)(=O)c1ccc(F)cc1. The fourth-order valence-electron chi connectivity index (χ4n) is 2.95. The molecule has 2 rings (SSSR count). The van der Waals surface area contributed by atoms with Crippen LogP contribution in [0.1, 0.15) is 44.6 Å². The van der Waals surface area contributed by atoms with Gasteiger partial charge in [-0.1, -0.05) is 25.8 Å². The average Bonchev–Trinajstić information content (AvgIpc) is 2.70. The molecule has 0 fully saturated rings. The predicted octanol–water partition coefficient (Wildman–Crippen LogP) is 4.03. The number of hydrogen-bond acceptors (Lipinski definition) is 4. The Bertz CT molecular complexity index is 979. The quantitative estimate of drug-likeness (QED) is 0.378. The van der Waals surface area contributed by atoms with Crippen molar-refractivity contribution in [2.24, 2.45) is 0 Å². The molecule has 1 aromatic carbocycles. The Hall–Kier alpha value is -2.72. The smallest absolute Gasteiger partial charge is 0.326 e.